The highest BCUT2D eigenvalue weighted by atomic mass is 16.5. The zero-order chi connectivity index (χ0) is 17.1. The van der Waals surface area contributed by atoms with Crippen LogP contribution in [-0.4, -0.2) is 25.5 Å². The number of carbonyl (C=O) groups excluding carboxylic acids is 2. The van der Waals surface area contributed by atoms with Gasteiger partial charge in [-0.25, -0.2) is 0 Å². The van der Waals surface area contributed by atoms with Crippen LogP contribution in [0, 0.1) is 12.8 Å². The van der Waals surface area contributed by atoms with Crippen molar-refractivity contribution in [3.05, 3.63) is 54.1 Å². The molecule has 0 saturated carbocycles. The van der Waals surface area contributed by atoms with Gasteiger partial charge in [-0.15, -0.1) is 0 Å². The van der Waals surface area contributed by atoms with Crippen molar-refractivity contribution in [1.82, 2.24) is 0 Å². The second-order valence-electron chi connectivity index (χ2n) is 5.94. The van der Waals surface area contributed by atoms with Gasteiger partial charge in [-0.1, -0.05) is 24.3 Å². The molecule has 1 aliphatic rings. The predicted molar refractivity (Wildman–Crippen MR) is 93.3 cm³/mol. The maximum absolute atomic E-state index is 12.5. The van der Waals surface area contributed by atoms with Crippen LogP contribution in [0.1, 0.15) is 12.0 Å². The first-order valence-electron chi connectivity index (χ1n) is 7.89. The fourth-order valence-electron chi connectivity index (χ4n) is 2.94. The molecule has 0 spiro atoms. The Labute approximate surface area is 141 Å². The third-order valence-electron chi connectivity index (χ3n) is 4.16. The molecule has 1 aliphatic heterocycles. The molecule has 1 saturated heterocycles. The SMILES string of the molecule is COc1ccccc1N1CC(C(=O)Nc2cccc(C)c2)CC1=O. The van der Waals surface area contributed by atoms with Crippen molar-refractivity contribution < 1.29 is 14.3 Å². The summed E-state index contributed by atoms with van der Waals surface area (Å²) in [4.78, 5) is 26.5. The van der Waals surface area contributed by atoms with Crippen molar-refractivity contribution in [2.45, 2.75) is 13.3 Å². The van der Waals surface area contributed by atoms with Gasteiger partial charge in [0.25, 0.3) is 0 Å². The summed E-state index contributed by atoms with van der Waals surface area (Å²) in [6.07, 6.45) is 0.204. The quantitative estimate of drug-likeness (QED) is 0.940. The number of aryl methyl sites for hydroxylation is 1. The first-order valence-corrected chi connectivity index (χ1v) is 7.89. The number of nitrogens with one attached hydrogen (secondary N) is 1. The van der Waals surface area contributed by atoms with Crippen LogP contribution in [0.15, 0.2) is 48.5 Å². The number of benzene rings is 2. The van der Waals surface area contributed by atoms with E-state index in [1.54, 1.807) is 12.0 Å². The largest absolute Gasteiger partial charge is 0.495 e. The molecule has 24 heavy (non-hydrogen) atoms. The van der Waals surface area contributed by atoms with E-state index in [9.17, 15) is 9.59 Å². The van der Waals surface area contributed by atoms with Crippen LogP contribution in [0.2, 0.25) is 0 Å². The first-order chi connectivity index (χ1) is 11.6. The maximum Gasteiger partial charge on any atom is 0.229 e. The van der Waals surface area contributed by atoms with Crippen LogP contribution >= 0.6 is 0 Å². The van der Waals surface area contributed by atoms with Gasteiger partial charge in [0.15, 0.2) is 0 Å². The zero-order valence-electron chi connectivity index (χ0n) is 13.8. The molecule has 1 atom stereocenters. The van der Waals surface area contributed by atoms with Crippen LogP contribution < -0.4 is 15.0 Å². The third-order valence-corrected chi connectivity index (χ3v) is 4.16. The molecule has 5 heteroatoms. The van der Waals surface area contributed by atoms with Crippen LogP contribution in [0.3, 0.4) is 0 Å². The number of amides is 2. The monoisotopic (exact) mass is 324 g/mol. The molecule has 1 fully saturated rings. The van der Waals surface area contributed by atoms with E-state index < -0.39 is 0 Å². The minimum absolute atomic E-state index is 0.0658. The van der Waals surface area contributed by atoms with Gasteiger partial charge in [-0.05, 0) is 36.8 Å². The minimum atomic E-state index is -0.372. The molecule has 1 N–H and O–H groups in total. The molecule has 0 aliphatic carbocycles. The normalized spacial score (nSPS) is 17.0. The lowest BCUT2D eigenvalue weighted by Crippen LogP contribution is -2.28. The van der Waals surface area contributed by atoms with E-state index in [-0.39, 0.29) is 24.2 Å². The second kappa shape index (κ2) is 6.74. The number of nitrogens with zero attached hydrogens (tertiary/aromatic N) is 1. The Hall–Kier alpha value is -2.82. The average molecular weight is 324 g/mol. The summed E-state index contributed by atoms with van der Waals surface area (Å²) in [7, 11) is 1.57. The van der Waals surface area contributed by atoms with Gasteiger partial charge in [0.1, 0.15) is 5.75 Å². The smallest absolute Gasteiger partial charge is 0.229 e. The Bertz CT molecular complexity index is 773. The topological polar surface area (TPSA) is 58.6 Å². The van der Waals surface area contributed by atoms with Crippen molar-refractivity contribution >= 4 is 23.2 Å². The predicted octanol–water partition coefficient (Wildman–Crippen LogP) is 3.00. The molecular formula is C19H20N2O3. The molecule has 5 nitrogen and oxygen atoms in total. The Morgan fingerprint density at radius 2 is 2.00 bits per heavy atom. The van der Waals surface area contributed by atoms with Crippen LogP contribution in [-0.2, 0) is 9.59 Å². The van der Waals surface area contributed by atoms with E-state index in [0.29, 0.717) is 18.0 Å². The number of anilines is 2. The van der Waals surface area contributed by atoms with E-state index in [0.717, 1.165) is 11.3 Å². The summed E-state index contributed by atoms with van der Waals surface area (Å²) in [6.45, 7) is 2.33. The minimum Gasteiger partial charge on any atom is -0.495 e. The molecule has 0 radical (unpaired) electrons. The van der Waals surface area contributed by atoms with Gasteiger partial charge >= 0.3 is 0 Å². The summed E-state index contributed by atoms with van der Waals surface area (Å²) in [6, 6.07) is 15.0. The Morgan fingerprint density at radius 3 is 2.75 bits per heavy atom. The summed E-state index contributed by atoms with van der Waals surface area (Å²) in [5, 5.41) is 2.90. The molecular weight excluding hydrogens is 304 g/mol. The van der Waals surface area contributed by atoms with Crippen molar-refractivity contribution in [1.29, 1.82) is 0 Å². The van der Waals surface area contributed by atoms with E-state index in [2.05, 4.69) is 5.32 Å². The highest BCUT2D eigenvalue weighted by molar-refractivity contribution is 6.04. The fourth-order valence-corrected chi connectivity index (χ4v) is 2.94. The summed E-state index contributed by atoms with van der Waals surface area (Å²) >= 11 is 0. The molecule has 1 heterocycles. The van der Waals surface area contributed by atoms with Gasteiger partial charge in [-0.2, -0.15) is 0 Å². The standard InChI is InChI=1S/C19H20N2O3/c1-13-6-5-7-15(10-13)20-19(23)14-11-18(22)21(12-14)16-8-3-4-9-17(16)24-2/h3-10,14H,11-12H2,1-2H3,(H,20,23). The number of hydrogen-bond acceptors (Lipinski definition) is 3. The van der Waals surface area contributed by atoms with Crippen molar-refractivity contribution in [3.63, 3.8) is 0 Å². The number of hydrogen-bond donors (Lipinski definition) is 1. The van der Waals surface area contributed by atoms with Gasteiger partial charge in [0, 0.05) is 18.7 Å². The molecule has 124 valence electrons. The zero-order valence-corrected chi connectivity index (χ0v) is 13.8. The average Bonchev–Trinajstić information content (AvgIpc) is 2.96. The van der Waals surface area contributed by atoms with Gasteiger partial charge in [-0.3, -0.25) is 9.59 Å². The lowest BCUT2D eigenvalue weighted by atomic mass is 10.1. The van der Waals surface area contributed by atoms with Gasteiger partial charge < -0.3 is 15.0 Å². The highest BCUT2D eigenvalue weighted by Crippen LogP contribution is 2.33. The Kier molecular flexibility index (Phi) is 4.51. The second-order valence-corrected chi connectivity index (χ2v) is 5.94. The van der Waals surface area contributed by atoms with E-state index in [1.165, 1.54) is 0 Å². The van der Waals surface area contributed by atoms with E-state index in [1.807, 2.05) is 55.5 Å². The lowest BCUT2D eigenvalue weighted by Gasteiger charge is -2.19. The van der Waals surface area contributed by atoms with Gasteiger partial charge in [0.2, 0.25) is 11.8 Å². The van der Waals surface area contributed by atoms with Crippen molar-refractivity contribution in [2.75, 3.05) is 23.9 Å². The summed E-state index contributed by atoms with van der Waals surface area (Å²) in [5.41, 5.74) is 2.53. The maximum atomic E-state index is 12.5. The molecule has 0 aromatic heterocycles. The molecule has 0 bridgehead atoms. The number of ether oxygens (including phenoxy) is 1. The summed E-state index contributed by atoms with van der Waals surface area (Å²) in [5.74, 6) is 0.0590. The Balaban J connectivity index is 1.73. The molecule has 2 aromatic rings. The number of methoxy groups -OCH3 is 1. The molecule has 1 unspecified atom stereocenters. The fraction of sp³-hybridized carbons (Fsp3) is 0.263. The van der Waals surface area contributed by atoms with E-state index in [4.69, 9.17) is 4.74 Å². The highest BCUT2D eigenvalue weighted by Gasteiger charge is 2.36. The number of para-hydroxylation sites is 2. The van der Waals surface area contributed by atoms with Crippen molar-refractivity contribution in [3.8, 4) is 5.75 Å². The van der Waals surface area contributed by atoms with E-state index >= 15 is 0 Å². The van der Waals surface area contributed by atoms with Crippen LogP contribution in [0.5, 0.6) is 5.75 Å². The molecule has 3 rings (SSSR count). The number of rotatable bonds is 4. The first kappa shape index (κ1) is 16.1. The molecule has 2 amide bonds. The third kappa shape index (κ3) is 3.25. The molecule has 2 aromatic carbocycles. The van der Waals surface area contributed by atoms with Crippen LogP contribution in [0.4, 0.5) is 11.4 Å². The lowest BCUT2D eigenvalue weighted by molar-refractivity contribution is -0.122. The Morgan fingerprint density at radius 1 is 1.21 bits per heavy atom. The van der Waals surface area contributed by atoms with Gasteiger partial charge in [0.05, 0.1) is 18.7 Å². The summed E-state index contributed by atoms with van der Waals surface area (Å²) < 4.78 is 5.32. The number of carbonyl (C=O) groups is 2. The van der Waals surface area contributed by atoms with Crippen LogP contribution in [0.25, 0.3) is 0 Å². The van der Waals surface area contributed by atoms with Crippen molar-refractivity contribution in [2.24, 2.45) is 5.92 Å².